The van der Waals surface area contributed by atoms with Gasteiger partial charge in [-0.25, -0.2) is 17.5 Å². The van der Waals surface area contributed by atoms with E-state index in [9.17, 15) is 12.8 Å². The van der Waals surface area contributed by atoms with E-state index in [-0.39, 0.29) is 18.0 Å². The first-order chi connectivity index (χ1) is 10.0. The van der Waals surface area contributed by atoms with Gasteiger partial charge in [0.1, 0.15) is 5.82 Å². The van der Waals surface area contributed by atoms with E-state index in [0.29, 0.717) is 6.42 Å². The van der Waals surface area contributed by atoms with Crippen molar-refractivity contribution < 1.29 is 17.9 Å². The molecule has 0 fully saturated rings. The highest BCUT2D eigenvalue weighted by atomic mass is 32.2. The molecule has 6 heteroatoms. The summed E-state index contributed by atoms with van der Waals surface area (Å²) in [6.45, 7) is 0.232. The highest BCUT2D eigenvalue weighted by Gasteiger charge is 2.12. The van der Waals surface area contributed by atoms with Crippen LogP contribution in [0.3, 0.4) is 0 Å². The monoisotopic (exact) mass is 309 g/mol. The molecule has 0 aliphatic rings. The Kier molecular flexibility index (Phi) is 5.06. The van der Waals surface area contributed by atoms with Crippen LogP contribution in [0.4, 0.5) is 4.39 Å². The van der Waals surface area contributed by atoms with Gasteiger partial charge in [-0.3, -0.25) is 0 Å². The third-order valence-corrected chi connectivity index (χ3v) is 4.51. The normalized spacial score (nSPS) is 11.5. The molecule has 0 atom stereocenters. The van der Waals surface area contributed by atoms with E-state index in [1.165, 1.54) is 12.1 Å². The molecule has 0 unspecified atom stereocenters. The average molecular weight is 309 g/mol. The molecule has 0 saturated heterocycles. The van der Waals surface area contributed by atoms with Crippen LogP contribution in [0, 0.1) is 5.82 Å². The largest absolute Gasteiger partial charge is 0.392 e. The Labute approximate surface area is 123 Å². The Morgan fingerprint density at radius 1 is 0.952 bits per heavy atom. The Morgan fingerprint density at radius 2 is 1.52 bits per heavy atom. The number of sulfonamides is 1. The Bertz CT molecular complexity index is 682. The summed E-state index contributed by atoms with van der Waals surface area (Å²) < 4.78 is 39.2. The van der Waals surface area contributed by atoms with Gasteiger partial charge in [-0.15, -0.1) is 0 Å². The summed E-state index contributed by atoms with van der Waals surface area (Å²) in [7, 11) is -3.62. The van der Waals surface area contributed by atoms with E-state index in [2.05, 4.69) is 4.72 Å². The molecule has 0 spiro atoms. The van der Waals surface area contributed by atoms with Crippen LogP contribution in [0.25, 0.3) is 0 Å². The molecule has 2 aromatic rings. The van der Waals surface area contributed by atoms with Crippen molar-refractivity contribution in [3.05, 3.63) is 65.5 Å². The molecular weight excluding hydrogens is 293 g/mol. The molecule has 21 heavy (non-hydrogen) atoms. The smallest absolute Gasteiger partial charge is 0.240 e. The molecule has 0 aromatic heterocycles. The summed E-state index contributed by atoms with van der Waals surface area (Å²) in [6.07, 6.45) is 0.534. The van der Waals surface area contributed by atoms with Crippen LogP contribution >= 0.6 is 0 Å². The van der Waals surface area contributed by atoms with Gasteiger partial charge in [-0.1, -0.05) is 24.3 Å². The van der Waals surface area contributed by atoms with Crippen molar-refractivity contribution in [3.8, 4) is 0 Å². The van der Waals surface area contributed by atoms with Gasteiger partial charge in [0.25, 0.3) is 0 Å². The molecule has 4 nitrogen and oxygen atoms in total. The lowest BCUT2D eigenvalue weighted by molar-refractivity contribution is 0.282. The van der Waals surface area contributed by atoms with Gasteiger partial charge in [-0.05, 0) is 41.8 Å². The SMILES string of the molecule is O=S(=O)(NCCc1ccc(CO)cc1)c1ccc(F)cc1. The number of benzene rings is 2. The van der Waals surface area contributed by atoms with Gasteiger partial charge in [0.2, 0.25) is 10.0 Å². The van der Waals surface area contributed by atoms with Crippen molar-refractivity contribution in [2.75, 3.05) is 6.54 Å². The number of hydrogen-bond donors (Lipinski definition) is 2. The van der Waals surface area contributed by atoms with E-state index >= 15 is 0 Å². The zero-order chi connectivity index (χ0) is 15.3. The fraction of sp³-hybridized carbons (Fsp3) is 0.200. The predicted octanol–water partition coefficient (Wildman–Crippen LogP) is 1.84. The fourth-order valence-electron chi connectivity index (χ4n) is 1.84. The second kappa shape index (κ2) is 6.80. The van der Waals surface area contributed by atoms with Crippen LogP contribution in [-0.4, -0.2) is 20.1 Å². The van der Waals surface area contributed by atoms with Crippen molar-refractivity contribution in [1.82, 2.24) is 4.72 Å². The number of halogens is 1. The Hall–Kier alpha value is -1.76. The van der Waals surface area contributed by atoms with E-state index in [1.54, 1.807) is 12.1 Å². The summed E-state index contributed by atoms with van der Waals surface area (Å²) in [5, 5.41) is 8.94. The van der Waals surface area contributed by atoms with Crippen molar-refractivity contribution in [3.63, 3.8) is 0 Å². The minimum Gasteiger partial charge on any atom is -0.392 e. The van der Waals surface area contributed by atoms with Crippen molar-refractivity contribution in [2.45, 2.75) is 17.9 Å². The maximum absolute atomic E-state index is 12.8. The zero-order valence-electron chi connectivity index (χ0n) is 11.3. The molecule has 2 aromatic carbocycles. The third kappa shape index (κ3) is 4.35. The highest BCUT2D eigenvalue weighted by molar-refractivity contribution is 7.89. The lowest BCUT2D eigenvalue weighted by Crippen LogP contribution is -2.26. The number of hydrogen-bond acceptors (Lipinski definition) is 3. The molecule has 0 amide bonds. The fourth-order valence-corrected chi connectivity index (χ4v) is 2.87. The van der Waals surface area contributed by atoms with E-state index in [0.717, 1.165) is 23.3 Å². The van der Waals surface area contributed by atoms with Gasteiger partial charge in [-0.2, -0.15) is 0 Å². The molecule has 2 N–H and O–H groups in total. The standard InChI is InChI=1S/C15H16FNO3S/c16-14-5-7-15(8-6-14)21(19,20)17-10-9-12-1-3-13(11-18)4-2-12/h1-8,17-18H,9-11H2. The number of rotatable bonds is 6. The van der Waals surface area contributed by atoms with Crippen molar-refractivity contribution >= 4 is 10.0 Å². The highest BCUT2D eigenvalue weighted by Crippen LogP contribution is 2.10. The van der Waals surface area contributed by atoms with E-state index in [4.69, 9.17) is 5.11 Å². The van der Waals surface area contributed by atoms with Crippen LogP contribution in [0.1, 0.15) is 11.1 Å². The van der Waals surface area contributed by atoms with Crippen LogP contribution in [0.2, 0.25) is 0 Å². The number of nitrogens with one attached hydrogen (secondary N) is 1. The first kappa shape index (κ1) is 15.6. The summed E-state index contributed by atoms with van der Waals surface area (Å²) in [5.74, 6) is -0.474. The Balaban J connectivity index is 1.93. The predicted molar refractivity (Wildman–Crippen MR) is 77.7 cm³/mol. The minimum atomic E-state index is -3.62. The quantitative estimate of drug-likeness (QED) is 0.855. The molecule has 0 heterocycles. The molecule has 112 valence electrons. The summed E-state index contributed by atoms with van der Waals surface area (Å²) >= 11 is 0. The number of aliphatic hydroxyl groups is 1. The second-order valence-corrected chi connectivity index (χ2v) is 6.34. The lowest BCUT2D eigenvalue weighted by atomic mass is 10.1. The molecule has 0 radical (unpaired) electrons. The third-order valence-electron chi connectivity index (χ3n) is 3.04. The van der Waals surface area contributed by atoms with Crippen LogP contribution in [-0.2, 0) is 23.1 Å². The molecule has 2 rings (SSSR count). The summed E-state index contributed by atoms with van der Waals surface area (Å²) in [5.41, 5.74) is 1.78. The zero-order valence-corrected chi connectivity index (χ0v) is 12.1. The van der Waals surface area contributed by atoms with Crippen molar-refractivity contribution in [1.29, 1.82) is 0 Å². The molecule has 0 saturated carbocycles. The maximum atomic E-state index is 12.8. The van der Waals surface area contributed by atoms with Gasteiger partial charge in [0, 0.05) is 6.54 Å². The molecule has 0 aliphatic heterocycles. The average Bonchev–Trinajstić information content (AvgIpc) is 2.48. The number of aliphatic hydroxyl groups excluding tert-OH is 1. The van der Waals surface area contributed by atoms with Crippen LogP contribution < -0.4 is 4.72 Å². The first-order valence-corrected chi connectivity index (χ1v) is 7.93. The molecular formula is C15H16FNO3S. The van der Waals surface area contributed by atoms with Crippen LogP contribution in [0.5, 0.6) is 0 Å². The molecule has 0 bridgehead atoms. The lowest BCUT2D eigenvalue weighted by Gasteiger charge is -2.07. The van der Waals surface area contributed by atoms with Crippen LogP contribution in [0.15, 0.2) is 53.4 Å². The van der Waals surface area contributed by atoms with Gasteiger partial charge >= 0.3 is 0 Å². The minimum absolute atomic E-state index is 0.0164. The molecule has 0 aliphatic carbocycles. The topological polar surface area (TPSA) is 66.4 Å². The van der Waals surface area contributed by atoms with E-state index in [1.807, 2.05) is 12.1 Å². The Morgan fingerprint density at radius 3 is 2.10 bits per heavy atom. The van der Waals surface area contributed by atoms with Gasteiger partial charge in [0.15, 0.2) is 0 Å². The van der Waals surface area contributed by atoms with Gasteiger partial charge < -0.3 is 5.11 Å². The van der Waals surface area contributed by atoms with E-state index < -0.39 is 15.8 Å². The maximum Gasteiger partial charge on any atom is 0.240 e. The summed E-state index contributed by atoms with van der Waals surface area (Å²) in [6, 6.07) is 12.0. The first-order valence-electron chi connectivity index (χ1n) is 6.45. The second-order valence-electron chi connectivity index (χ2n) is 4.58. The van der Waals surface area contributed by atoms with Gasteiger partial charge in [0.05, 0.1) is 11.5 Å². The summed E-state index contributed by atoms with van der Waals surface area (Å²) in [4.78, 5) is 0.0412. The van der Waals surface area contributed by atoms with Crippen molar-refractivity contribution in [2.24, 2.45) is 0 Å².